The van der Waals surface area contributed by atoms with Crippen LogP contribution in [0, 0.1) is 6.92 Å². The first-order valence-electron chi connectivity index (χ1n) is 5.16. The maximum absolute atomic E-state index is 12.1. The Hall–Kier alpha value is -1.85. The fourth-order valence-electron chi connectivity index (χ4n) is 1.44. The molecule has 1 rings (SSSR count). The minimum absolute atomic E-state index is 0.125. The summed E-state index contributed by atoms with van der Waals surface area (Å²) in [5, 5.41) is 12.4. The number of carboxylic acids is 1. The molecule has 6 nitrogen and oxygen atoms in total. The van der Waals surface area contributed by atoms with E-state index in [9.17, 15) is 9.59 Å². The number of hydrogen-bond acceptors (Lipinski definition) is 4. The van der Waals surface area contributed by atoms with E-state index in [1.165, 1.54) is 11.2 Å². The molecule has 0 radical (unpaired) electrons. The second-order valence-corrected chi connectivity index (χ2v) is 4.56. The fraction of sp³-hybridized carbons (Fsp3) is 0.545. The third kappa shape index (κ3) is 2.83. The van der Waals surface area contributed by atoms with Gasteiger partial charge in [-0.15, -0.1) is 0 Å². The molecule has 0 aliphatic heterocycles. The Morgan fingerprint density at radius 1 is 1.53 bits per heavy atom. The molecule has 94 valence electrons. The molecular weight excluding hydrogens is 224 g/mol. The molecule has 1 amide bonds. The number of carbonyl (C=O) groups excluding carboxylic acids is 1. The van der Waals surface area contributed by atoms with E-state index >= 15 is 0 Å². The topological polar surface area (TPSA) is 83.6 Å². The Morgan fingerprint density at radius 3 is 2.53 bits per heavy atom. The summed E-state index contributed by atoms with van der Waals surface area (Å²) >= 11 is 0. The normalized spacial score (nSPS) is 11.3. The van der Waals surface area contributed by atoms with E-state index in [4.69, 9.17) is 9.63 Å². The quantitative estimate of drug-likeness (QED) is 0.857. The summed E-state index contributed by atoms with van der Waals surface area (Å²) < 4.78 is 4.70. The van der Waals surface area contributed by atoms with Gasteiger partial charge in [-0.1, -0.05) is 5.16 Å². The van der Waals surface area contributed by atoms with E-state index in [2.05, 4.69) is 5.16 Å². The van der Waals surface area contributed by atoms with Crippen LogP contribution in [-0.4, -0.2) is 39.6 Å². The molecule has 1 N–H and O–H groups in total. The standard InChI is InChI=1S/C11H16N2O4/c1-7-8(6-17-12-7)10(16)13(4)11(2,3)5-9(14)15/h6H,5H2,1-4H3,(H,14,15). The van der Waals surface area contributed by atoms with Gasteiger partial charge in [-0.25, -0.2) is 0 Å². The number of rotatable bonds is 4. The lowest BCUT2D eigenvalue weighted by molar-refractivity contribution is -0.139. The maximum atomic E-state index is 12.1. The number of carboxylic acid groups (broad SMARTS) is 1. The zero-order valence-corrected chi connectivity index (χ0v) is 10.4. The molecule has 0 saturated heterocycles. The number of nitrogens with zero attached hydrogens (tertiary/aromatic N) is 2. The molecule has 17 heavy (non-hydrogen) atoms. The number of aliphatic carboxylic acids is 1. The van der Waals surface area contributed by atoms with Crippen molar-refractivity contribution in [2.24, 2.45) is 0 Å². The Labute approximate surface area is 99.2 Å². The second kappa shape index (κ2) is 4.57. The van der Waals surface area contributed by atoms with Crippen molar-refractivity contribution in [3.63, 3.8) is 0 Å². The molecule has 0 aromatic carbocycles. The van der Waals surface area contributed by atoms with Crippen molar-refractivity contribution in [1.29, 1.82) is 0 Å². The third-order valence-corrected chi connectivity index (χ3v) is 2.78. The van der Waals surface area contributed by atoms with E-state index < -0.39 is 11.5 Å². The SMILES string of the molecule is Cc1nocc1C(=O)N(C)C(C)(C)CC(=O)O. The highest BCUT2D eigenvalue weighted by Gasteiger charge is 2.32. The van der Waals surface area contributed by atoms with Gasteiger partial charge in [0.05, 0.1) is 12.1 Å². The summed E-state index contributed by atoms with van der Waals surface area (Å²) in [6.45, 7) is 5.05. The average Bonchev–Trinajstić information content (AvgIpc) is 2.60. The molecule has 0 saturated carbocycles. The van der Waals surface area contributed by atoms with Gasteiger partial charge in [0.2, 0.25) is 0 Å². The van der Waals surface area contributed by atoms with E-state index in [1.807, 2.05) is 0 Å². The van der Waals surface area contributed by atoms with E-state index in [1.54, 1.807) is 27.8 Å². The molecule has 1 heterocycles. The Morgan fingerprint density at radius 2 is 2.12 bits per heavy atom. The minimum atomic E-state index is -0.948. The van der Waals surface area contributed by atoms with Crippen molar-refractivity contribution in [2.45, 2.75) is 32.7 Å². The molecule has 6 heteroatoms. The first-order valence-corrected chi connectivity index (χ1v) is 5.16. The molecule has 1 aromatic rings. The minimum Gasteiger partial charge on any atom is -0.481 e. The summed E-state index contributed by atoms with van der Waals surface area (Å²) in [6, 6.07) is 0. The fourth-order valence-corrected chi connectivity index (χ4v) is 1.44. The highest BCUT2D eigenvalue weighted by molar-refractivity contribution is 5.95. The summed E-state index contributed by atoms with van der Waals surface area (Å²) in [6.07, 6.45) is 1.14. The van der Waals surface area contributed by atoms with E-state index in [0.717, 1.165) is 0 Å². The van der Waals surface area contributed by atoms with Crippen molar-refractivity contribution in [3.05, 3.63) is 17.5 Å². The lowest BCUT2D eigenvalue weighted by Crippen LogP contribution is -2.46. The zero-order chi connectivity index (χ0) is 13.2. The van der Waals surface area contributed by atoms with Crippen LogP contribution in [0.1, 0.15) is 36.3 Å². The van der Waals surface area contributed by atoms with Gasteiger partial charge in [0.15, 0.2) is 0 Å². The lowest BCUT2D eigenvalue weighted by Gasteiger charge is -2.34. The van der Waals surface area contributed by atoms with Crippen LogP contribution in [0.5, 0.6) is 0 Å². The molecule has 0 bridgehead atoms. The molecule has 1 aromatic heterocycles. The second-order valence-electron chi connectivity index (χ2n) is 4.56. The number of aromatic nitrogens is 1. The smallest absolute Gasteiger partial charge is 0.305 e. The van der Waals surface area contributed by atoms with Crippen molar-refractivity contribution in [3.8, 4) is 0 Å². The summed E-state index contributed by atoms with van der Waals surface area (Å²) in [5.41, 5.74) is 0.0750. The monoisotopic (exact) mass is 240 g/mol. The number of amides is 1. The van der Waals surface area contributed by atoms with Crippen LogP contribution in [0.4, 0.5) is 0 Å². The summed E-state index contributed by atoms with van der Waals surface area (Å²) in [7, 11) is 1.57. The van der Waals surface area contributed by atoms with Gasteiger partial charge in [0.25, 0.3) is 5.91 Å². The number of hydrogen-bond donors (Lipinski definition) is 1. The van der Waals surface area contributed by atoms with Gasteiger partial charge in [0.1, 0.15) is 11.8 Å². The highest BCUT2D eigenvalue weighted by Crippen LogP contribution is 2.20. The molecule has 0 spiro atoms. The van der Waals surface area contributed by atoms with Crippen LogP contribution in [0.3, 0.4) is 0 Å². The van der Waals surface area contributed by atoms with Crippen LogP contribution in [0.25, 0.3) is 0 Å². The van der Waals surface area contributed by atoms with Crippen LogP contribution < -0.4 is 0 Å². The lowest BCUT2D eigenvalue weighted by atomic mass is 9.98. The highest BCUT2D eigenvalue weighted by atomic mass is 16.5. The molecule has 0 aliphatic rings. The molecule has 0 fully saturated rings. The molecular formula is C11H16N2O4. The zero-order valence-electron chi connectivity index (χ0n) is 10.4. The van der Waals surface area contributed by atoms with Crippen LogP contribution in [-0.2, 0) is 4.79 Å². The van der Waals surface area contributed by atoms with E-state index in [0.29, 0.717) is 11.3 Å². The molecule has 0 unspecified atom stereocenters. The third-order valence-electron chi connectivity index (χ3n) is 2.78. The van der Waals surface area contributed by atoms with Gasteiger partial charge in [-0.2, -0.15) is 0 Å². The Kier molecular flexibility index (Phi) is 3.55. The average molecular weight is 240 g/mol. The summed E-state index contributed by atoms with van der Waals surface area (Å²) in [5.74, 6) is -1.24. The van der Waals surface area contributed by atoms with E-state index in [-0.39, 0.29) is 12.3 Å². The maximum Gasteiger partial charge on any atom is 0.305 e. The predicted molar refractivity (Wildman–Crippen MR) is 59.7 cm³/mol. The van der Waals surface area contributed by atoms with Crippen molar-refractivity contribution >= 4 is 11.9 Å². The predicted octanol–water partition coefficient (Wildman–Crippen LogP) is 1.31. The largest absolute Gasteiger partial charge is 0.481 e. The molecule has 0 atom stereocenters. The number of carbonyl (C=O) groups is 2. The Balaban J connectivity index is 2.90. The Bertz CT molecular complexity index is 436. The van der Waals surface area contributed by atoms with Crippen LogP contribution >= 0.6 is 0 Å². The van der Waals surface area contributed by atoms with Gasteiger partial charge < -0.3 is 14.5 Å². The van der Waals surface area contributed by atoms with Crippen LogP contribution in [0.2, 0.25) is 0 Å². The van der Waals surface area contributed by atoms with Gasteiger partial charge in [0, 0.05) is 12.6 Å². The molecule has 0 aliphatic carbocycles. The van der Waals surface area contributed by atoms with Crippen molar-refractivity contribution in [1.82, 2.24) is 10.1 Å². The van der Waals surface area contributed by atoms with Gasteiger partial charge in [-0.05, 0) is 20.8 Å². The first kappa shape index (κ1) is 13.2. The van der Waals surface area contributed by atoms with Gasteiger partial charge >= 0.3 is 5.97 Å². The van der Waals surface area contributed by atoms with Crippen molar-refractivity contribution in [2.75, 3.05) is 7.05 Å². The van der Waals surface area contributed by atoms with Crippen molar-refractivity contribution < 1.29 is 19.2 Å². The van der Waals surface area contributed by atoms with Crippen LogP contribution in [0.15, 0.2) is 10.8 Å². The van der Waals surface area contributed by atoms with Gasteiger partial charge in [-0.3, -0.25) is 9.59 Å². The number of aryl methyl sites for hydroxylation is 1. The summed E-state index contributed by atoms with van der Waals surface area (Å²) in [4.78, 5) is 24.2. The first-order chi connectivity index (χ1) is 7.75.